The largest absolute Gasteiger partial charge is 0.481 e. The van der Waals surface area contributed by atoms with Crippen LogP contribution in [0.5, 0.6) is 0 Å². The van der Waals surface area contributed by atoms with E-state index < -0.39 is 5.97 Å². The maximum atomic E-state index is 10.2. The van der Waals surface area contributed by atoms with Crippen LogP contribution in [0.15, 0.2) is 12.4 Å². The number of aromatic nitrogens is 2. The fraction of sp³-hybridized carbons (Fsp3) is 0.167. The van der Waals surface area contributed by atoms with Crippen molar-refractivity contribution in [2.45, 2.75) is 6.42 Å². The van der Waals surface area contributed by atoms with Gasteiger partial charge < -0.3 is 5.11 Å². The van der Waals surface area contributed by atoms with Crippen LogP contribution in [0, 0.1) is 0 Å². The standard InChI is InChI=1S/C6H5ClN2O2/c7-6-8-2-4(3-9-6)1-5(10)11/h2-3H,1H2,(H,10,11). The predicted molar refractivity (Wildman–Crippen MR) is 38.4 cm³/mol. The first kappa shape index (κ1) is 7.94. The zero-order valence-corrected chi connectivity index (χ0v) is 6.25. The highest BCUT2D eigenvalue weighted by molar-refractivity contribution is 6.28. The zero-order chi connectivity index (χ0) is 8.27. The Hall–Kier alpha value is -1.16. The van der Waals surface area contributed by atoms with E-state index in [2.05, 4.69) is 9.97 Å². The number of halogens is 1. The normalized spacial score (nSPS) is 9.55. The third kappa shape index (κ3) is 2.51. The van der Waals surface area contributed by atoms with Crippen molar-refractivity contribution >= 4 is 17.6 Å². The van der Waals surface area contributed by atoms with E-state index in [0.717, 1.165) is 0 Å². The molecule has 0 aromatic carbocycles. The number of nitrogens with zero attached hydrogens (tertiary/aromatic N) is 2. The molecule has 1 N–H and O–H groups in total. The van der Waals surface area contributed by atoms with Crippen molar-refractivity contribution < 1.29 is 9.90 Å². The molecule has 0 saturated heterocycles. The molecule has 58 valence electrons. The van der Waals surface area contributed by atoms with Crippen LogP contribution in [-0.2, 0) is 11.2 Å². The van der Waals surface area contributed by atoms with Crippen molar-refractivity contribution in [3.05, 3.63) is 23.2 Å². The van der Waals surface area contributed by atoms with Gasteiger partial charge in [-0.05, 0) is 17.2 Å². The Bertz CT molecular complexity index is 260. The van der Waals surface area contributed by atoms with E-state index in [4.69, 9.17) is 16.7 Å². The molecule has 1 heterocycles. The maximum absolute atomic E-state index is 10.2. The predicted octanol–water partition coefficient (Wildman–Crippen LogP) is 0.757. The van der Waals surface area contributed by atoms with Crippen LogP contribution in [-0.4, -0.2) is 21.0 Å². The molecular formula is C6H5ClN2O2. The first-order valence-electron chi connectivity index (χ1n) is 2.86. The summed E-state index contributed by atoms with van der Waals surface area (Å²) in [6, 6.07) is 0. The number of carbonyl (C=O) groups is 1. The maximum Gasteiger partial charge on any atom is 0.307 e. The minimum atomic E-state index is -0.907. The minimum Gasteiger partial charge on any atom is -0.481 e. The number of carboxylic acid groups (broad SMARTS) is 1. The Morgan fingerprint density at radius 3 is 2.55 bits per heavy atom. The quantitative estimate of drug-likeness (QED) is 0.669. The zero-order valence-electron chi connectivity index (χ0n) is 5.49. The molecule has 0 unspecified atom stereocenters. The monoisotopic (exact) mass is 172 g/mol. The molecule has 0 fully saturated rings. The van der Waals surface area contributed by atoms with Crippen LogP contribution in [0.4, 0.5) is 0 Å². The van der Waals surface area contributed by atoms with Gasteiger partial charge in [0, 0.05) is 12.4 Å². The van der Waals surface area contributed by atoms with Gasteiger partial charge in [-0.25, -0.2) is 9.97 Å². The lowest BCUT2D eigenvalue weighted by atomic mass is 10.2. The van der Waals surface area contributed by atoms with Crippen molar-refractivity contribution in [3.8, 4) is 0 Å². The summed E-state index contributed by atoms with van der Waals surface area (Å²) in [4.78, 5) is 17.4. The highest BCUT2D eigenvalue weighted by Crippen LogP contribution is 2.00. The molecule has 0 radical (unpaired) electrons. The van der Waals surface area contributed by atoms with Crippen LogP contribution in [0.25, 0.3) is 0 Å². The number of aliphatic carboxylic acids is 1. The molecule has 1 rings (SSSR count). The Balaban J connectivity index is 2.74. The highest BCUT2D eigenvalue weighted by Gasteiger charge is 2.00. The Kier molecular flexibility index (Phi) is 2.38. The Morgan fingerprint density at radius 1 is 1.55 bits per heavy atom. The van der Waals surface area contributed by atoms with Gasteiger partial charge >= 0.3 is 5.97 Å². The van der Waals surface area contributed by atoms with Crippen LogP contribution in [0.3, 0.4) is 0 Å². The molecule has 1 aromatic heterocycles. The van der Waals surface area contributed by atoms with E-state index in [1.165, 1.54) is 12.4 Å². The summed E-state index contributed by atoms with van der Waals surface area (Å²) in [5.41, 5.74) is 0.543. The third-order valence-electron chi connectivity index (χ3n) is 1.03. The van der Waals surface area contributed by atoms with E-state index >= 15 is 0 Å². The van der Waals surface area contributed by atoms with Gasteiger partial charge in [0.2, 0.25) is 5.28 Å². The number of rotatable bonds is 2. The molecule has 0 bridgehead atoms. The van der Waals surface area contributed by atoms with Crippen LogP contribution < -0.4 is 0 Å². The minimum absolute atomic E-state index is 0.0723. The molecule has 4 nitrogen and oxygen atoms in total. The highest BCUT2D eigenvalue weighted by atomic mass is 35.5. The van der Waals surface area contributed by atoms with Crippen molar-refractivity contribution in [1.29, 1.82) is 0 Å². The first-order valence-corrected chi connectivity index (χ1v) is 3.24. The lowest BCUT2D eigenvalue weighted by molar-refractivity contribution is -0.136. The van der Waals surface area contributed by atoms with Gasteiger partial charge in [0.05, 0.1) is 6.42 Å². The van der Waals surface area contributed by atoms with Gasteiger partial charge in [0.25, 0.3) is 0 Å². The smallest absolute Gasteiger partial charge is 0.307 e. The molecule has 0 saturated carbocycles. The molecule has 0 spiro atoms. The average molecular weight is 173 g/mol. The molecule has 0 atom stereocenters. The average Bonchev–Trinajstić information content (AvgIpc) is 1.93. The molecule has 0 aliphatic carbocycles. The van der Waals surface area contributed by atoms with Crippen molar-refractivity contribution in [1.82, 2.24) is 9.97 Å². The summed E-state index contributed by atoms with van der Waals surface area (Å²) in [7, 11) is 0. The van der Waals surface area contributed by atoms with E-state index in [9.17, 15) is 4.79 Å². The van der Waals surface area contributed by atoms with Crippen molar-refractivity contribution in [2.75, 3.05) is 0 Å². The number of hydrogen-bond donors (Lipinski definition) is 1. The summed E-state index contributed by atoms with van der Waals surface area (Å²) in [6.07, 6.45) is 2.71. The van der Waals surface area contributed by atoms with Gasteiger partial charge in [0.15, 0.2) is 0 Å². The second kappa shape index (κ2) is 3.30. The van der Waals surface area contributed by atoms with Gasteiger partial charge in [-0.2, -0.15) is 0 Å². The van der Waals surface area contributed by atoms with Gasteiger partial charge in [-0.15, -0.1) is 0 Å². The topological polar surface area (TPSA) is 63.1 Å². The molecule has 11 heavy (non-hydrogen) atoms. The molecule has 1 aromatic rings. The second-order valence-electron chi connectivity index (χ2n) is 1.93. The third-order valence-corrected chi connectivity index (χ3v) is 1.22. The van der Waals surface area contributed by atoms with Crippen LogP contribution >= 0.6 is 11.6 Å². The summed E-state index contributed by atoms with van der Waals surface area (Å²) >= 11 is 5.38. The number of hydrogen-bond acceptors (Lipinski definition) is 3. The van der Waals surface area contributed by atoms with E-state index in [1.807, 2.05) is 0 Å². The lowest BCUT2D eigenvalue weighted by Crippen LogP contribution is -2.00. The molecule has 0 aliphatic heterocycles. The van der Waals surface area contributed by atoms with Crippen molar-refractivity contribution in [2.24, 2.45) is 0 Å². The molecule has 0 aliphatic rings. The second-order valence-corrected chi connectivity index (χ2v) is 2.27. The molecule has 5 heteroatoms. The Labute approximate surface area is 67.9 Å². The van der Waals surface area contributed by atoms with Crippen LogP contribution in [0.2, 0.25) is 5.28 Å². The van der Waals surface area contributed by atoms with E-state index in [-0.39, 0.29) is 11.7 Å². The summed E-state index contributed by atoms with van der Waals surface area (Å²) < 4.78 is 0. The van der Waals surface area contributed by atoms with Gasteiger partial charge in [0.1, 0.15) is 0 Å². The van der Waals surface area contributed by atoms with Crippen molar-refractivity contribution in [3.63, 3.8) is 0 Å². The molecular weight excluding hydrogens is 168 g/mol. The summed E-state index contributed by atoms with van der Waals surface area (Å²) in [5.74, 6) is -0.907. The van der Waals surface area contributed by atoms with E-state index in [1.54, 1.807) is 0 Å². The van der Waals surface area contributed by atoms with Crippen LogP contribution in [0.1, 0.15) is 5.56 Å². The SMILES string of the molecule is O=C(O)Cc1cnc(Cl)nc1. The summed E-state index contributed by atoms with van der Waals surface area (Å²) in [5, 5.41) is 8.47. The summed E-state index contributed by atoms with van der Waals surface area (Å²) in [6.45, 7) is 0. The Morgan fingerprint density at radius 2 is 2.09 bits per heavy atom. The van der Waals surface area contributed by atoms with Gasteiger partial charge in [-0.1, -0.05) is 0 Å². The fourth-order valence-electron chi connectivity index (χ4n) is 0.605. The van der Waals surface area contributed by atoms with E-state index in [0.29, 0.717) is 5.56 Å². The fourth-order valence-corrected chi connectivity index (χ4v) is 0.703. The van der Waals surface area contributed by atoms with Gasteiger partial charge in [-0.3, -0.25) is 4.79 Å². The first-order chi connectivity index (χ1) is 5.18. The molecule has 0 amide bonds. The number of carboxylic acids is 1. The lowest BCUT2D eigenvalue weighted by Gasteiger charge is -1.93.